The Morgan fingerprint density at radius 1 is 1.37 bits per heavy atom. The van der Waals surface area contributed by atoms with Gasteiger partial charge in [-0.2, -0.15) is 0 Å². The maximum Gasteiger partial charge on any atom is 0.224 e. The van der Waals surface area contributed by atoms with E-state index in [0.29, 0.717) is 6.54 Å². The van der Waals surface area contributed by atoms with Crippen LogP contribution in [0, 0.1) is 5.92 Å². The van der Waals surface area contributed by atoms with Gasteiger partial charge in [-0.1, -0.05) is 47.8 Å². The first-order chi connectivity index (χ1) is 9.07. The smallest absolute Gasteiger partial charge is 0.224 e. The molecule has 0 aromatic heterocycles. The molecule has 1 amide bonds. The van der Waals surface area contributed by atoms with Gasteiger partial charge in [-0.05, 0) is 30.5 Å². The summed E-state index contributed by atoms with van der Waals surface area (Å²) in [5, 5.41) is 3.24. The maximum absolute atomic E-state index is 12.2. The van der Waals surface area contributed by atoms with Crippen molar-refractivity contribution in [2.24, 2.45) is 11.7 Å². The van der Waals surface area contributed by atoms with Gasteiger partial charge in [-0.3, -0.25) is 4.79 Å². The number of amides is 1. The highest BCUT2D eigenvalue weighted by atomic mass is 79.9. The average molecular weight is 325 g/mol. The third-order valence-electron chi connectivity index (χ3n) is 4.02. The summed E-state index contributed by atoms with van der Waals surface area (Å²) in [6.45, 7) is 2.27. The zero-order valence-corrected chi connectivity index (χ0v) is 12.9. The Balaban J connectivity index is 2.23. The maximum atomic E-state index is 12.2. The summed E-state index contributed by atoms with van der Waals surface area (Å²) >= 11 is 3.45. The van der Waals surface area contributed by atoms with Crippen LogP contribution in [0.5, 0.6) is 0 Å². The van der Waals surface area contributed by atoms with Crippen molar-refractivity contribution in [3.63, 3.8) is 0 Å². The zero-order chi connectivity index (χ0) is 13.9. The van der Waals surface area contributed by atoms with E-state index in [-0.39, 0.29) is 17.4 Å². The summed E-state index contributed by atoms with van der Waals surface area (Å²) in [7, 11) is 0. The highest BCUT2D eigenvalue weighted by molar-refractivity contribution is 9.10. The minimum Gasteiger partial charge on any atom is -0.346 e. The van der Waals surface area contributed by atoms with Gasteiger partial charge in [0.05, 0.1) is 5.54 Å². The van der Waals surface area contributed by atoms with Gasteiger partial charge in [-0.15, -0.1) is 0 Å². The molecule has 1 saturated carbocycles. The Kier molecular flexibility index (Phi) is 4.63. The van der Waals surface area contributed by atoms with Gasteiger partial charge in [-0.25, -0.2) is 0 Å². The predicted octanol–water partition coefficient (Wildman–Crippen LogP) is 2.93. The lowest BCUT2D eigenvalue weighted by Crippen LogP contribution is -2.47. The summed E-state index contributed by atoms with van der Waals surface area (Å²) in [5.41, 5.74) is 6.59. The number of rotatable bonds is 4. The van der Waals surface area contributed by atoms with Crippen molar-refractivity contribution in [2.45, 2.75) is 38.1 Å². The molecule has 0 heterocycles. The second-order valence-electron chi connectivity index (χ2n) is 5.42. The second kappa shape index (κ2) is 6.06. The summed E-state index contributed by atoms with van der Waals surface area (Å²) in [6, 6.07) is 8.27. The third kappa shape index (κ3) is 3.18. The van der Waals surface area contributed by atoms with E-state index in [1.165, 1.54) is 5.56 Å². The third-order valence-corrected chi connectivity index (χ3v) is 4.55. The molecule has 104 valence electrons. The number of carbonyl (C=O) groups excluding carboxylic acids is 1. The molecule has 0 spiro atoms. The molecule has 0 saturated heterocycles. The SMILES string of the molecule is CC(CN)C(=O)NC1(c2ccc(Br)cc2)CCCC1. The molecule has 1 atom stereocenters. The zero-order valence-electron chi connectivity index (χ0n) is 11.3. The summed E-state index contributed by atoms with van der Waals surface area (Å²) in [4.78, 5) is 12.2. The number of benzene rings is 1. The van der Waals surface area contributed by atoms with Gasteiger partial charge in [0, 0.05) is 16.9 Å². The van der Waals surface area contributed by atoms with Gasteiger partial charge in [0.15, 0.2) is 0 Å². The minimum atomic E-state index is -0.193. The Hall–Kier alpha value is -0.870. The van der Waals surface area contributed by atoms with Gasteiger partial charge < -0.3 is 11.1 Å². The van der Waals surface area contributed by atoms with Gasteiger partial charge in [0.1, 0.15) is 0 Å². The van der Waals surface area contributed by atoms with Crippen molar-refractivity contribution in [2.75, 3.05) is 6.54 Å². The van der Waals surface area contributed by atoms with E-state index in [2.05, 4.69) is 33.4 Å². The van der Waals surface area contributed by atoms with E-state index >= 15 is 0 Å². The Morgan fingerprint density at radius 3 is 2.47 bits per heavy atom. The normalized spacial score (nSPS) is 19.1. The second-order valence-corrected chi connectivity index (χ2v) is 6.34. The number of nitrogens with one attached hydrogen (secondary N) is 1. The number of halogens is 1. The molecule has 1 aliphatic rings. The topological polar surface area (TPSA) is 55.1 Å². The monoisotopic (exact) mass is 324 g/mol. The van der Waals surface area contributed by atoms with Gasteiger partial charge in [0.2, 0.25) is 5.91 Å². The van der Waals surface area contributed by atoms with E-state index in [4.69, 9.17) is 5.73 Å². The Bertz CT molecular complexity index is 438. The van der Waals surface area contributed by atoms with Crippen molar-refractivity contribution in [3.8, 4) is 0 Å². The molecule has 1 aromatic carbocycles. The lowest BCUT2D eigenvalue weighted by atomic mass is 9.87. The van der Waals surface area contributed by atoms with Crippen LogP contribution in [-0.2, 0) is 10.3 Å². The highest BCUT2D eigenvalue weighted by Crippen LogP contribution is 2.39. The van der Waals surface area contributed by atoms with Crippen LogP contribution < -0.4 is 11.1 Å². The van der Waals surface area contributed by atoms with Crippen LogP contribution in [0.2, 0.25) is 0 Å². The summed E-state index contributed by atoms with van der Waals surface area (Å²) < 4.78 is 1.06. The molecular formula is C15H21BrN2O. The fourth-order valence-electron chi connectivity index (χ4n) is 2.70. The Labute approximate surface area is 123 Å². The molecule has 2 rings (SSSR count). The largest absolute Gasteiger partial charge is 0.346 e. The van der Waals surface area contributed by atoms with Crippen LogP contribution in [0.1, 0.15) is 38.2 Å². The molecule has 1 aliphatic carbocycles. The minimum absolute atomic E-state index is 0.0623. The molecule has 3 N–H and O–H groups in total. The van der Waals surface area contributed by atoms with Crippen LogP contribution in [0.15, 0.2) is 28.7 Å². The predicted molar refractivity (Wildman–Crippen MR) is 80.6 cm³/mol. The lowest BCUT2D eigenvalue weighted by molar-refractivity contribution is -0.126. The summed E-state index contributed by atoms with van der Waals surface area (Å²) in [5.74, 6) is -0.0692. The van der Waals surface area contributed by atoms with Crippen molar-refractivity contribution >= 4 is 21.8 Å². The van der Waals surface area contributed by atoms with Crippen LogP contribution in [0.4, 0.5) is 0 Å². The average Bonchev–Trinajstić information content (AvgIpc) is 2.88. The fourth-order valence-corrected chi connectivity index (χ4v) is 2.96. The molecular weight excluding hydrogens is 304 g/mol. The molecule has 19 heavy (non-hydrogen) atoms. The lowest BCUT2D eigenvalue weighted by Gasteiger charge is -2.32. The molecule has 1 aromatic rings. The standard InChI is InChI=1S/C15H21BrN2O/c1-11(10-17)14(19)18-15(8-2-3-9-15)12-4-6-13(16)7-5-12/h4-7,11H,2-3,8-10,17H2,1H3,(H,18,19). The number of carbonyl (C=O) groups is 1. The first-order valence-electron chi connectivity index (χ1n) is 6.85. The number of hydrogen-bond acceptors (Lipinski definition) is 2. The van der Waals surface area contributed by atoms with Crippen LogP contribution in [0.25, 0.3) is 0 Å². The van der Waals surface area contributed by atoms with Crippen LogP contribution in [0.3, 0.4) is 0 Å². The first kappa shape index (κ1) is 14.5. The molecule has 1 fully saturated rings. The quantitative estimate of drug-likeness (QED) is 0.894. The number of nitrogens with two attached hydrogens (primary N) is 1. The van der Waals surface area contributed by atoms with E-state index in [0.717, 1.165) is 30.2 Å². The van der Waals surface area contributed by atoms with Crippen molar-refractivity contribution in [3.05, 3.63) is 34.3 Å². The molecule has 3 nitrogen and oxygen atoms in total. The van der Waals surface area contributed by atoms with E-state index < -0.39 is 0 Å². The van der Waals surface area contributed by atoms with Crippen molar-refractivity contribution in [1.82, 2.24) is 5.32 Å². The van der Waals surface area contributed by atoms with Gasteiger partial charge >= 0.3 is 0 Å². The van der Waals surface area contributed by atoms with Crippen molar-refractivity contribution < 1.29 is 4.79 Å². The van der Waals surface area contributed by atoms with Crippen LogP contribution in [-0.4, -0.2) is 12.5 Å². The number of hydrogen-bond donors (Lipinski definition) is 2. The van der Waals surface area contributed by atoms with Crippen LogP contribution >= 0.6 is 15.9 Å². The molecule has 0 radical (unpaired) electrons. The van der Waals surface area contributed by atoms with Crippen molar-refractivity contribution in [1.29, 1.82) is 0 Å². The molecule has 1 unspecified atom stereocenters. The summed E-state index contributed by atoms with van der Waals surface area (Å²) in [6.07, 6.45) is 4.34. The molecule has 0 aliphatic heterocycles. The fraction of sp³-hybridized carbons (Fsp3) is 0.533. The molecule has 4 heteroatoms. The van der Waals surface area contributed by atoms with E-state index in [1.807, 2.05) is 19.1 Å². The highest BCUT2D eigenvalue weighted by Gasteiger charge is 2.37. The van der Waals surface area contributed by atoms with Gasteiger partial charge in [0.25, 0.3) is 0 Å². The van der Waals surface area contributed by atoms with E-state index in [1.54, 1.807) is 0 Å². The first-order valence-corrected chi connectivity index (χ1v) is 7.65. The molecule has 0 bridgehead atoms. The Morgan fingerprint density at radius 2 is 1.95 bits per heavy atom. The van der Waals surface area contributed by atoms with E-state index in [9.17, 15) is 4.79 Å².